The molecule has 45 heavy (non-hydrogen) atoms. The van der Waals surface area contributed by atoms with E-state index >= 15 is 0 Å². The number of hydrogen-bond acceptors (Lipinski definition) is 6. The number of hydrogen-bond donors (Lipinski definition) is 2. The number of fused-ring (bicyclic) bond motifs is 1. The van der Waals surface area contributed by atoms with Crippen molar-refractivity contribution in [3.8, 4) is 16.9 Å². The molecule has 2 aliphatic heterocycles. The molecule has 0 radical (unpaired) electrons. The van der Waals surface area contributed by atoms with Gasteiger partial charge in [0, 0.05) is 43.3 Å². The Morgan fingerprint density at radius 1 is 0.867 bits per heavy atom. The number of urea groups is 1. The summed E-state index contributed by atoms with van der Waals surface area (Å²) in [6.45, 7) is 14.5. The molecule has 0 saturated carbocycles. The van der Waals surface area contributed by atoms with Gasteiger partial charge in [0.25, 0.3) is 0 Å². The summed E-state index contributed by atoms with van der Waals surface area (Å²) in [4.78, 5) is 23.0. The number of carbonyl (C=O) groups is 1. The first kappa shape index (κ1) is 31.0. The minimum Gasteiger partial charge on any atom is -0.490 e. The standard InChI is InChI=1S/C37H45N5O3/c1-37(2,3)28-11-15-35(45-23-20-41-16-6-7-17-41)34(24-28)40-36(43)39-33-14-13-30(31-8-4-5-9-32(31)33)27-10-12-29(38-25-27)26-42-18-21-44-22-19-42/h4-5,8-15,24-25H,6-7,16-23,26H2,1-3H3,(H2,39,40,43). The number of likely N-dealkylation sites (tertiary alicyclic amines) is 1. The zero-order valence-electron chi connectivity index (χ0n) is 26.8. The van der Waals surface area contributed by atoms with Crippen molar-refractivity contribution in [2.75, 3.05) is 63.2 Å². The number of carbonyl (C=O) groups excluding carboxylic acids is 1. The molecule has 2 N–H and O–H groups in total. The molecule has 0 bridgehead atoms. The van der Waals surface area contributed by atoms with Gasteiger partial charge in [0.1, 0.15) is 12.4 Å². The summed E-state index contributed by atoms with van der Waals surface area (Å²) in [6.07, 6.45) is 4.45. The van der Waals surface area contributed by atoms with Crippen LogP contribution >= 0.6 is 0 Å². The molecular formula is C37H45N5O3. The lowest BCUT2D eigenvalue weighted by Crippen LogP contribution is -2.35. The van der Waals surface area contributed by atoms with Gasteiger partial charge in [0.15, 0.2) is 0 Å². The summed E-state index contributed by atoms with van der Waals surface area (Å²) in [6, 6.07) is 22.2. The van der Waals surface area contributed by atoms with E-state index in [-0.39, 0.29) is 11.4 Å². The predicted octanol–water partition coefficient (Wildman–Crippen LogP) is 7.15. The maximum atomic E-state index is 13.5. The average molecular weight is 608 g/mol. The van der Waals surface area contributed by atoms with E-state index in [9.17, 15) is 4.79 Å². The SMILES string of the molecule is CC(C)(C)c1ccc(OCCN2CCCC2)c(NC(=O)Nc2ccc(-c3ccc(CN4CCOCC4)nc3)c3ccccc23)c1. The molecule has 3 aromatic carbocycles. The fourth-order valence-electron chi connectivity index (χ4n) is 6.11. The molecular weight excluding hydrogens is 562 g/mol. The quantitative estimate of drug-likeness (QED) is 0.210. The lowest BCUT2D eigenvalue weighted by molar-refractivity contribution is 0.0336. The number of ether oxygens (including phenoxy) is 2. The number of rotatable bonds is 9. The van der Waals surface area contributed by atoms with Crippen LogP contribution in [0.15, 0.2) is 72.9 Å². The molecule has 4 aromatic rings. The van der Waals surface area contributed by atoms with E-state index < -0.39 is 0 Å². The van der Waals surface area contributed by atoms with Crippen molar-refractivity contribution in [1.29, 1.82) is 0 Å². The van der Waals surface area contributed by atoms with Crippen LogP contribution in [0.5, 0.6) is 5.75 Å². The average Bonchev–Trinajstić information content (AvgIpc) is 3.56. The number of anilines is 2. The van der Waals surface area contributed by atoms with Crippen molar-refractivity contribution in [1.82, 2.24) is 14.8 Å². The van der Waals surface area contributed by atoms with Crippen LogP contribution in [0.1, 0.15) is 44.9 Å². The summed E-state index contributed by atoms with van der Waals surface area (Å²) in [5, 5.41) is 8.22. The Balaban J connectivity index is 1.18. The minimum absolute atomic E-state index is 0.0669. The lowest BCUT2D eigenvalue weighted by Gasteiger charge is -2.26. The van der Waals surface area contributed by atoms with Gasteiger partial charge in [-0.25, -0.2) is 4.79 Å². The highest BCUT2D eigenvalue weighted by atomic mass is 16.5. The highest BCUT2D eigenvalue weighted by Crippen LogP contribution is 2.35. The van der Waals surface area contributed by atoms with Gasteiger partial charge in [-0.2, -0.15) is 0 Å². The molecule has 2 saturated heterocycles. The topological polar surface area (TPSA) is 79.0 Å². The van der Waals surface area contributed by atoms with Crippen LogP contribution in [0.4, 0.5) is 16.2 Å². The zero-order chi connectivity index (χ0) is 31.2. The Hall–Kier alpha value is -3.98. The third-order valence-electron chi connectivity index (χ3n) is 8.75. The number of aromatic nitrogens is 1. The van der Waals surface area contributed by atoms with Crippen molar-refractivity contribution in [2.45, 2.75) is 45.6 Å². The molecule has 0 aliphatic carbocycles. The second kappa shape index (κ2) is 14.0. The molecule has 6 rings (SSSR count). The molecule has 236 valence electrons. The van der Waals surface area contributed by atoms with Crippen LogP contribution in [0, 0.1) is 0 Å². The van der Waals surface area contributed by atoms with E-state index in [2.05, 4.69) is 71.5 Å². The van der Waals surface area contributed by atoms with Crippen LogP contribution in [0.25, 0.3) is 21.9 Å². The number of pyridine rings is 1. The Kier molecular flexibility index (Phi) is 9.64. The van der Waals surface area contributed by atoms with Gasteiger partial charge < -0.3 is 20.1 Å². The van der Waals surface area contributed by atoms with Crippen molar-refractivity contribution in [3.63, 3.8) is 0 Å². The van der Waals surface area contributed by atoms with Crippen molar-refractivity contribution in [3.05, 3.63) is 84.2 Å². The van der Waals surface area contributed by atoms with Crippen LogP contribution < -0.4 is 15.4 Å². The lowest BCUT2D eigenvalue weighted by atomic mass is 9.87. The molecule has 0 atom stereocenters. The van der Waals surface area contributed by atoms with E-state index in [1.54, 1.807) is 0 Å². The van der Waals surface area contributed by atoms with E-state index in [4.69, 9.17) is 14.5 Å². The molecule has 8 heteroatoms. The smallest absolute Gasteiger partial charge is 0.323 e. The van der Waals surface area contributed by atoms with Crippen LogP contribution in [-0.2, 0) is 16.7 Å². The fourth-order valence-corrected chi connectivity index (χ4v) is 6.11. The molecule has 2 aliphatic rings. The highest BCUT2D eigenvalue weighted by molar-refractivity contribution is 6.10. The maximum absolute atomic E-state index is 13.5. The second-order valence-corrected chi connectivity index (χ2v) is 13.1. The molecule has 0 unspecified atom stereocenters. The first-order chi connectivity index (χ1) is 21.8. The molecule has 1 aromatic heterocycles. The second-order valence-electron chi connectivity index (χ2n) is 13.1. The number of nitrogens with one attached hydrogen (secondary N) is 2. The monoisotopic (exact) mass is 607 g/mol. The molecule has 3 heterocycles. The van der Waals surface area contributed by atoms with Crippen LogP contribution in [0.2, 0.25) is 0 Å². The first-order valence-electron chi connectivity index (χ1n) is 16.2. The van der Waals surface area contributed by atoms with E-state index in [0.717, 1.165) is 91.3 Å². The Morgan fingerprint density at radius 3 is 2.36 bits per heavy atom. The number of benzene rings is 3. The molecule has 8 nitrogen and oxygen atoms in total. The number of morpholine rings is 1. The van der Waals surface area contributed by atoms with Gasteiger partial charge in [-0.1, -0.05) is 63.2 Å². The van der Waals surface area contributed by atoms with E-state index in [1.165, 1.54) is 12.8 Å². The van der Waals surface area contributed by atoms with Gasteiger partial charge in [-0.3, -0.25) is 14.8 Å². The Bertz CT molecular complexity index is 1600. The van der Waals surface area contributed by atoms with Gasteiger partial charge in [-0.15, -0.1) is 0 Å². The third-order valence-corrected chi connectivity index (χ3v) is 8.75. The van der Waals surface area contributed by atoms with Gasteiger partial charge in [0.05, 0.1) is 30.3 Å². The summed E-state index contributed by atoms with van der Waals surface area (Å²) >= 11 is 0. The predicted molar refractivity (Wildman–Crippen MR) is 182 cm³/mol. The van der Waals surface area contributed by atoms with E-state index in [1.807, 2.05) is 42.6 Å². The van der Waals surface area contributed by atoms with Gasteiger partial charge >= 0.3 is 6.03 Å². The van der Waals surface area contributed by atoms with Crippen molar-refractivity contribution in [2.24, 2.45) is 0 Å². The maximum Gasteiger partial charge on any atom is 0.323 e. The van der Waals surface area contributed by atoms with Gasteiger partial charge in [-0.05, 0) is 72.1 Å². The van der Waals surface area contributed by atoms with Crippen molar-refractivity contribution < 1.29 is 14.3 Å². The number of nitrogens with zero attached hydrogens (tertiary/aromatic N) is 3. The zero-order valence-corrected chi connectivity index (χ0v) is 26.8. The third kappa shape index (κ3) is 7.82. The summed E-state index contributed by atoms with van der Waals surface area (Å²) in [5.74, 6) is 0.683. The summed E-state index contributed by atoms with van der Waals surface area (Å²) < 4.78 is 11.7. The summed E-state index contributed by atoms with van der Waals surface area (Å²) in [5.41, 5.74) is 5.65. The van der Waals surface area contributed by atoms with Crippen molar-refractivity contribution >= 4 is 28.2 Å². The van der Waals surface area contributed by atoms with E-state index in [0.29, 0.717) is 18.0 Å². The Labute approximate surface area is 266 Å². The molecule has 2 fully saturated rings. The normalized spacial score (nSPS) is 16.2. The summed E-state index contributed by atoms with van der Waals surface area (Å²) in [7, 11) is 0. The Morgan fingerprint density at radius 2 is 1.62 bits per heavy atom. The fraction of sp³-hybridized carbons (Fsp3) is 0.405. The first-order valence-corrected chi connectivity index (χ1v) is 16.2. The van der Waals surface area contributed by atoms with Gasteiger partial charge in [0.2, 0.25) is 0 Å². The minimum atomic E-state index is -0.308. The molecule has 2 amide bonds. The molecule has 0 spiro atoms. The largest absolute Gasteiger partial charge is 0.490 e. The number of amides is 2. The highest BCUT2D eigenvalue weighted by Gasteiger charge is 2.19. The van der Waals surface area contributed by atoms with Crippen LogP contribution in [-0.4, -0.2) is 73.4 Å². The van der Waals surface area contributed by atoms with Crippen LogP contribution in [0.3, 0.4) is 0 Å².